The van der Waals surface area contributed by atoms with Crippen molar-refractivity contribution in [3.63, 3.8) is 0 Å². The first-order valence-electron chi connectivity index (χ1n) is 9.03. The highest BCUT2D eigenvalue weighted by Crippen LogP contribution is 2.36. The largest absolute Gasteiger partial charge is 0.497 e. The van der Waals surface area contributed by atoms with Crippen molar-refractivity contribution < 1.29 is 38.1 Å². The number of hydrogen-bond donors (Lipinski definition) is 1. The van der Waals surface area contributed by atoms with Gasteiger partial charge in [0.1, 0.15) is 23.0 Å². The quantitative estimate of drug-likeness (QED) is 0.399. The number of methoxy groups -OCH3 is 4. The molecule has 0 bridgehead atoms. The number of carbonyl (C=O) groups is 4. The van der Waals surface area contributed by atoms with Crippen LogP contribution in [0.4, 0.5) is 11.4 Å². The van der Waals surface area contributed by atoms with Crippen molar-refractivity contribution in [2.45, 2.75) is 0 Å². The molecule has 1 saturated heterocycles. The molecule has 1 fully saturated rings. The van der Waals surface area contributed by atoms with Gasteiger partial charge in [-0.15, -0.1) is 0 Å². The summed E-state index contributed by atoms with van der Waals surface area (Å²) in [6, 6.07) is 8.93. The maximum absolute atomic E-state index is 12.9. The summed E-state index contributed by atoms with van der Waals surface area (Å²) < 4.78 is 20.6. The van der Waals surface area contributed by atoms with E-state index in [1.807, 2.05) is 0 Å². The summed E-state index contributed by atoms with van der Waals surface area (Å²) in [7, 11) is 5.64. The highest BCUT2D eigenvalue weighted by molar-refractivity contribution is 6.60. The van der Waals surface area contributed by atoms with Crippen molar-refractivity contribution in [1.82, 2.24) is 0 Å². The van der Waals surface area contributed by atoms with Crippen LogP contribution in [-0.2, 0) is 19.2 Å². The van der Waals surface area contributed by atoms with Crippen LogP contribution in [0.3, 0.4) is 0 Å². The number of nitrogens with zero attached hydrogens (tertiary/aromatic N) is 1. The van der Waals surface area contributed by atoms with E-state index in [0.29, 0.717) is 16.4 Å². The lowest BCUT2D eigenvalue weighted by atomic mass is 10.1. The molecule has 1 heterocycles. The van der Waals surface area contributed by atoms with Gasteiger partial charge in [0.2, 0.25) is 11.7 Å². The van der Waals surface area contributed by atoms with Gasteiger partial charge in [0.15, 0.2) is 5.92 Å². The van der Waals surface area contributed by atoms with Gasteiger partial charge in [0, 0.05) is 12.1 Å². The molecule has 0 unspecified atom stereocenters. The van der Waals surface area contributed by atoms with Crippen LogP contribution in [-0.4, -0.2) is 51.9 Å². The summed E-state index contributed by atoms with van der Waals surface area (Å²) in [6.07, 6.45) is 0. The molecule has 3 amide bonds. The third kappa shape index (κ3) is 3.87. The Morgan fingerprint density at radius 3 is 2.00 bits per heavy atom. The van der Waals surface area contributed by atoms with Crippen LogP contribution in [0.1, 0.15) is 0 Å². The van der Waals surface area contributed by atoms with E-state index in [1.54, 1.807) is 6.07 Å². The minimum Gasteiger partial charge on any atom is -0.497 e. The van der Waals surface area contributed by atoms with Gasteiger partial charge in [-0.3, -0.25) is 19.2 Å². The molecule has 0 aromatic heterocycles. The van der Waals surface area contributed by atoms with E-state index >= 15 is 0 Å². The number of amides is 3. The fourth-order valence-electron chi connectivity index (χ4n) is 3.11. The first kappa shape index (κ1) is 21.6. The summed E-state index contributed by atoms with van der Waals surface area (Å²) in [5, 5.41) is 2.46. The average Bonchev–Trinajstić information content (AvgIpc) is 3.01. The predicted octanol–water partition coefficient (Wildman–Crippen LogP) is 1.42. The van der Waals surface area contributed by atoms with Crippen LogP contribution in [0.15, 0.2) is 36.4 Å². The molecule has 0 aliphatic carbocycles. The zero-order valence-corrected chi connectivity index (χ0v) is 17.3. The molecule has 2 aromatic rings. The van der Waals surface area contributed by atoms with Gasteiger partial charge in [-0.25, -0.2) is 4.90 Å². The second kappa shape index (κ2) is 8.74. The molecule has 0 spiro atoms. The van der Waals surface area contributed by atoms with Gasteiger partial charge in [-0.05, 0) is 24.3 Å². The summed E-state index contributed by atoms with van der Waals surface area (Å²) in [6.45, 7) is 0. The van der Waals surface area contributed by atoms with Crippen LogP contribution in [0.2, 0.25) is 0 Å². The molecule has 1 N–H and O–H groups in total. The molecule has 162 valence electrons. The van der Waals surface area contributed by atoms with E-state index in [9.17, 15) is 19.2 Å². The monoisotopic (exact) mass is 428 g/mol. The Morgan fingerprint density at radius 1 is 0.839 bits per heavy atom. The van der Waals surface area contributed by atoms with E-state index in [4.69, 9.17) is 18.9 Å². The van der Waals surface area contributed by atoms with Gasteiger partial charge in [-0.1, -0.05) is 0 Å². The highest BCUT2D eigenvalue weighted by atomic mass is 16.5. The zero-order chi connectivity index (χ0) is 22.7. The second-order valence-electron chi connectivity index (χ2n) is 6.37. The van der Waals surface area contributed by atoms with Crippen LogP contribution in [0.5, 0.6) is 23.0 Å². The van der Waals surface area contributed by atoms with Crippen LogP contribution < -0.4 is 29.2 Å². The van der Waals surface area contributed by atoms with Gasteiger partial charge in [0.05, 0.1) is 39.8 Å². The second-order valence-corrected chi connectivity index (χ2v) is 6.37. The van der Waals surface area contributed by atoms with E-state index in [0.717, 1.165) is 0 Å². The van der Waals surface area contributed by atoms with E-state index in [2.05, 4.69) is 5.32 Å². The predicted molar refractivity (Wildman–Crippen MR) is 109 cm³/mol. The Kier molecular flexibility index (Phi) is 6.10. The number of ether oxygens (including phenoxy) is 4. The molecule has 0 radical (unpaired) electrons. The topological polar surface area (TPSA) is 120 Å². The van der Waals surface area contributed by atoms with E-state index < -0.39 is 29.4 Å². The summed E-state index contributed by atoms with van der Waals surface area (Å²) in [4.78, 5) is 51.4. The normalized spacial score (nSPS) is 15.7. The van der Waals surface area contributed by atoms with Crippen molar-refractivity contribution in [2.75, 3.05) is 38.7 Å². The summed E-state index contributed by atoms with van der Waals surface area (Å²) in [5.74, 6) is -4.76. The fraction of sp³-hybridized carbons (Fsp3) is 0.238. The number of Topliss-reactive ketones (excluding diaryl/α,β-unsaturated/α-hetero) is 1. The first-order valence-corrected chi connectivity index (χ1v) is 9.03. The molecule has 0 saturated carbocycles. The molecule has 10 heteroatoms. The average molecular weight is 428 g/mol. The maximum atomic E-state index is 12.9. The Labute approximate surface area is 177 Å². The molecular formula is C21H20N2O8. The minimum atomic E-state index is -1.84. The number of ketones is 1. The number of benzene rings is 2. The van der Waals surface area contributed by atoms with Crippen molar-refractivity contribution in [1.29, 1.82) is 0 Å². The lowest BCUT2D eigenvalue weighted by molar-refractivity contribution is -0.139. The number of rotatable bonds is 7. The van der Waals surface area contributed by atoms with E-state index in [-0.39, 0.29) is 22.9 Å². The number of nitrogens with one attached hydrogen (secondary N) is 1. The van der Waals surface area contributed by atoms with Gasteiger partial charge in [-0.2, -0.15) is 0 Å². The zero-order valence-electron chi connectivity index (χ0n) is 17.3. The minimum absolute atomic E-state index is 0.0315. The van der Waals surface area contributed by atoms with Crippen molar-refractivity contribution in [2.24, 2.45) is 5.92 Å². The molecule has 1 atom stereocenters. The van der Waals surface area contributed by atoms with Gasteiger partial charge >= 0.3 is 5.91 Å². The summed E-state index contributed by atoms with van der Waals surface area (Å²) >= 11 is 0. The Hall–Kier alpha value is -4.08. The third-order valence-corrected chi connectivity index (χ3v) is 4.70. The maximum Gasteiger partial charge on any atom is 0.302 e. The van der Waals surface area contributed by atoms with Crippen molar-refractivity contribution in [3.05, 3.63) is 36.4 Å². The number of hydrogen-bond acceptors (Lipinski definition) is 8. The molecule has 10 nitrogen and oxygen atoms in total. The molecule has 2 aromatic carbocycles. The van der Waals surface area contributed by atoms with Crippen molar-refractivity contribution >= 4 is 34.9 Å². The number of carbonyl (C=O) groups excluding carboxylic acids is 4. The van der Waals surface area contributed by atoms with Gasteiger partial charge < -0.3 is 24.3 Å². The molecule has 3 rings (SSSR count). The lowest BCUT2D eigenvalue weighted by Crippen LogP contribution is -2.35. The van der Waals surface area contributed by atoms with Crippen LogP contribution >= 0.6 is 0 Å². The molecule has 31 heavy (non-hydrogen) atoms. The Bertz CT molecular complexity index is 1070. The summed E-state index contributed by atoms with van der Waals surface area (Å²) in [5.41, 5.74) is 0.241. The standard InChI is InChI=1S/C21H20N2O8/c1-28-11-5-7-13(15(9-11)30-3)22-19(25)17-18(24)21(27)23(20(17)26)14-8-6-12(29-2)10-16(14)31-4/h5-10,17H,1-4H3,(H,22,25)/t17-/m1/s1. The third-order valence-electron chi connectivity index (χ3n) is 4.70. The number of imide groups is 1. The highest BCUT2D eigenvalue weighted by Gasteiger charge is 2.52. The first-order chi connectivity index (χ1) is 14.9. The van der Waals surface area contributed by atoms with Gasteiger partial charge in [0.25, 0.3) is 5.91 Å². The molecule has 1 aliphatic rings. The molecule has 1 aliphatic heterocycles. The molecular weight excluding hydrogens is 408 g/mol. The lowest BCUT2D eigenvalue weighted by Gasteiger charge is -2.18. The Morgan fingerprint density at radius 2 is 1.42 bits per heavy atom. The smallest absolute Gasteiger partial charge is 0.302 e. The van der Waals surface area contributed by atoms with Crippen LogP contribution in [0.25, 0.3) is 0 Å². The van der Waals surface area contributed by atoms with Crippen LogP contribution in [0, 0.1) is 5.92 Å². The Balaban J connectivity index is 1.91. The van der Waals surface area contributed by atoms with E-state index in [1.165, 1.54) is 58.8 Å². The van der Waals surface area contributed by atoms with Crippen molar-refractivity contribution in [3.8, 4) is 23.0 Å². The fourth-order valence-corrected chi connectivity index (χ4v) is 3.11. The SMILES string of the molecule is COc1ccc(NC(=O)[C@H]2C(=O)C(=O)N(c3ccc(OC)cc3OC)C2=O)c(OC)c1. The number of anilines is 2.